The molecule has 1 unspecified atom stereocenters. The molecule has 5 nitrogen and oxygen atoms in total. The molecule has 1 heterocycles. The highest BCUT2D eigenvalue weighted by atomic mass is 16.6. The molecule has 1 saturated heterocycles. The molecule has 0 saturated carbocycles. The van der Waals surface area contributed by atoms with E-state index in [2.05, 4.69) is 41.7 Å². The number of hydrogen-bond donors (Lipinski definition) is 1. The highest BCUT2D eigenvalue weighted by molar-refractivity contribution is 5.79. The standard InChI is InChI=1S/C25H32N2O3/c1-18(19-10-12-21(13-11-19)20-8-6-5-7-9-20)26-23(28)22-14-16-27(17-15-22)24(29)30-25(2,3)4/h5-13,18,22H,14-17H2,1-4H3,(H,26,28). The van der Waals surface area contributed by atoms with Gasteiger partial charge in [0.25, 0.3) is 0 Å². The third-order valence-corrected chi connectivity index (χ3v) is 5.39. The van der Waals surface area contributed by atoms with E-state index in [0.717, 1.165) is 11.1 Å². The van der Waals surface area contributed by atoms with Gasteiger partial charge >= 0.3 is 6.09 Å². The largest absolute Gasteiger partial charge is 0.444 e. The monoisotopic (exact) mass is 408 g/mol. The Kier molecular flexibility index (Phi) is 6.80. The molecule has 1 N–H and O–H groups in total. The quantitative estimate of drug-likeness (QED) is 0.758. The highest BCUT2D eigenvalue weighted by Crippen LogP contribution is 2.24. The summed E-state index contributed by atoms with van der Waals surface area (Å²) in [5, 5.41) is 3.13. The van der Waals surface area contributed by atoms with Crippen LogP contribution in [0.5, 0.6) is 0 Å². The van der Waals surface area contributed by atoms with Crippen LogP contribution in [0.3, 0.4) is 0 Å². The predicted octanol–water partition coefficient (Wildman–Crippen LogP) is 5.18. The molecular formula is C25H32N2O3. The van der Waals surface area contributed by atoms with E-state index in [9.17, 15) is 9.59 Å². The van der Waals surface area contributed by atoms with Gasteiger partial charge in [0.2, 0.25) is 5.91 Å². The van der Waals surface area contributed by atoms with Crippen LogP contribution in [0, 0.1) is 5.92 Å². The summed E-state index contributed by atoms with van der Waals surface area (Å²) in [6.07, 6.45) is 1.02. The van der Waals surface area contributed by atoms with Crippen LogP contribution < -0.4 is 5.32 Å². The minimum absolute atomic E-state index is 0.0541. The molecule has 3 rings (SSSR count). The lowest BCUT2D eigenvalue weighted by molar-refractivity contribution is -0.127. The van der Waals surface area contributed by atoms with E-state index >= 15 is 0 Å². The number of likely N-dealkylation sites (tertiary alicyclic amines) is 1. The first-order valence-electron chi connectivity index (χ1n) is 10.7. The summed E-state index contributed by atoms with van der Waals surface area (Å²) >= 11 is 0. The summed E-state index contributed by atoms with van der Waals surface area (Å²) in [6.45, 7) is 8.68. The molecule has 160 valence electrons. The number of rotatable bonds is 4. The maximum absolute atomic E-state index is 12.7. The first-order valence-corrected chi connectivity index (χ1v) is 10.7. The molecule has 5 heteroatoms. The molecule has 2 amide bonds. The van der Waals surface area contributed by atoms with E-state index in [4.69, 9.17) is 4.74 Å². The maximum Gasteiger partial charge on any atom is 0.410 e. The Bertz CT molecular complexity index is 848. The molecule has 0 aliphatic carbocycles. The van der Waals surface area contributed by atoms with Gasteiger partial charge in [-0.3, -0.25) is 4.79 Å². The predicted molar refractivity (Wildman–Crippen MR) is 119 cm³/mol. The maximum atomic E-state index is 12.7. The molecule has 0 bridgehead atoms. The molecule has 2 aromatic carbocycles. The molecular weight excluding hydrogens is 376 g/mol. The summed E-state index contributed by atoms with van der Waals surface area (Å²) in [6, 6.07) is 18.5. The first-order chi connectivity index (χ1) is 14.2. The molecule has 0 spiro atoms. The van der Waals surface area contributed by atoms with Crippen molar-refractivity contribution in [3.63, 3.8) is 0 Å². The zero-order valence-corrected chi connectivity index (χ0v) is 18.4. The number of carbonyl (C=O) groups is 2. The lowest BCUT2D eigenvalue weighted by Crippen LogP contribution is -2.45. The fourth-order valence-corrected chi connectivity index (χ4v) is 3.66. The molecule has 30 heavy (non-hydrogen) atoms. The van der Waals surface area contributed by atoms with Crippen molar-refractivity contribution >= 4 is 12.0 Å². The Morgan fingerprint density at radius 2 is 1.53 bits per heavy atom. The Morgan fingerprint density at radius 3 is 2.10 bits per heavy atom. The van der Waals surface area contributed by atoms with Gasteiger partial charge in [0.05, 0.1) is 6.04 Å². The van der Waals surface area contributed by atoms with Crippen LogP contribution in [-0.4, -0.2) is 35.6 Å². The Labute approximate surface area is 179 Å². The number of nitrogens with zero attached hydrogens (tertiary/aromatic N) is 1. The number of amides is 2. The van der Waals surface area contributed by atoms with Gasteiger partial charge in [-0.25, -0.2) is 4.79 Å². The van der Waals surface area contributed by atoms with Gasteiger partial charge in [-0.1, -0.05) is 54.6 Å². The Morgan fingerprint density at radius 1 is 0.967 bits per heavy atom. The van der Waals surface area contributed by atoms with Crippen LogP contribution in [-0.2, 0) is 9.53 Å². The molecule has 0 radical (unpaired) electrons. The highest BCUT2D eigenvalue weighted by Gasteiger charge is 2.30. The number of carbonyl (C=O) groups excluding carboxylic acids is 2. The Balaban J connectivity index is 1.51. The summed E-state index contributed by atoms with van der Waals surface area (Å²) < 4.78 is 5.42. The first kappa shape index (κ1) is 21.9. The molecule has 0 aromatic heterocycles. The average Bonchev–Trinajstić information content (AvgIpc) is 2.73. The summed E-state index contributed by atoms with van der Waals surface area (Å²) in [4.78, 5) is 26.6. The van der Waals surface area contributed by atoms with E-state index in [-0.39, 0.29) is 24.0 Å². The lowest BCUT2D eigenvalue weighted by atomic mass is 9.95. The van der Waals surface area contributed by atoms with Crippen LogP contribution in [0.1, 0.15) is 52.1 Å². The van der Waals surface area contributed by atoms with Crippen molar-refractivity contribution in [3.05, 3.63) is 60.2 Å². The van der Waals surface area contributed by atoms with E-state index < -0.39 is 5.60 Å². The van der Waals surface area contributed by atoms with Gasteiger partial charge in [-0.05, 0) is 57.2 Å². The number of piperidine rings is 1. The van der Waals surface area contributed by atoms with Gasteiger partial charge in [0.1, 0.15) is 5.60 Å². The summed E-state index contributed by atoms with van der Waals surface area (Å²) in [5.74, 6) is -0.0202. The summed E-state index contributed by atoms with van der Waals surface area (Å²) in [5.41, 5.74) is 2.91. The SMILES string of the molecule is CC(NC(=O)C1CCN(C(=O)OC(C)(C)C)CC1)c1ccc(-c2ccccc2)cc1. The number of nitrogens with one attached hydrogen (secondary N) is 1. The third kappa shape index (κ3) is 5.85. The molecule has 1 atom stereocenters. The van der Waals surface area contributed by atoms with Crippen LogP contribution in [0.4, 0.5) is 4.79 Å². The number of hydrogen-bond acceptors (Lipinski definition) is 3. The van der Waals surface area contributed by atoms with Crippen molar-refractivity contribution < 1.29 is 14.3 Å². The minimum Gasteiger partial charge on any atom is -0.444 e. The fourth-order valence-electron chi connectivity index (χ4n) is 3.66. The van der Waals surface area contributed by atoms with Crippen molar-refractivity contribution in [2.45, 2.75) is 52.2 Å². The van der Waals surface area contributed by atoms with Crippen molar-refractivity contribution in [1.82, 2.24) is 10.2 Å². The minimum atomic E-state index is -0.503. The van der Waals surface area contributed by atoms with Crippen LogP contribution >= 0.6 is 0 Å². The summed E-state index contributed by atoms with van der Waals surface area (Å²) in [7, 11) is 0. The Hall–Kier alpha value is -2.82. The van der Waals surface area contributed by atoms with Crippen molar-refractivity contribution in [2.75, 3.05) is 13.1 Å². The number of benzene rings is 2. The van der Waals surface area contributed by atoms with Crippen molar-refractivity contribution in [1.29, 1.82) is 0 Å². The van der Waals surface area contributed by atoms with Crippen LogP contribution in [0.2, 0.25) is 0 Å². The topological polar surface area (TPSA) is 58.6 Å². The van der Waals surface area contributed by atoms with Gasteiger partial charge in [-0.2, -0.15) is 0 Å². The van der Waals surface area contributed by atoms with Crippen LogP contribution in [0.25, 0.3) is 11.1 Å². The van der Waals surface area contributed by atoms with Crippen LogP contribution in [0.15, 0.2) is 54.6 Å². The number of ether oxygens (including phenoxy) is 1. The zero-order valence-electron chi connectivity index (χ0n) is 18.4. The van der Waals surface area contributed by atoms with E-state index in [0.29, 0.717) is 25.9 Å². The van der Waals surface area contributed by atoms with E-state index in [1.165, 1.54) is 5.56 Å². The molecule has 1 aliphatic heterocycles. The second kappa shape index (κ2) is 9.33. The van der Waals surface area contributed by atoms with Gasteiger partial charge < -0.3 is 15.0 Å². The zero-order chi connectivity index (χ0) is 21.7. The van der Waals surface area contributed by atoms with Gasteiger partial charge in [-0.15, -0.1) is 0 Å². The van der Waals surface area contributed by atoms with Crippen molar-refractivity contribution in [3.8, 4) is 11.1 Å². The van der Waals surface area contributed by atoms with Crippen molar-refractivity contribution in [2.24, 2.45) is 5.92 Å². The molecule has 1 aliphatic rings. The molecule has 2 aromatic rings. The third-order valence-electron chi connectivity index (χ3n) is 5.39. The smallest absolute Gasteiger partial charge is 0.410 e. The van der Waals surface area contributed by atoms with Gasteiger partial charge in [0.15, 0.2) is 0 Å². The molecule has 1 fully saturated rings. The second-order valence-corrected chi connectivity index (χ2v) is 8.96. The van der Waals surface area contributed by atoms with Gasteiger partial charge in [0, 0.05) is 19.0 Å². The normalized spacial score (nSPS) is 16.1. The fraction of sp³-hybridized carbons (Fsp3) is 0.440. The van der Waals surface area contributed by atoms with E-state index in [1.807, 2.05) is 45.9 Å². The lowest BCUT2D eigenvalue weighted by Gasteiger charge is -2.33. The average molecular weight is 409 g/mol. The van der Waals surface area contributed by atoms with E-state index in [1.54, 1.807) is 4.90 Å². The second-order valence-electron chi connectivity index (χ2n) is 8.96.